The molecule has 146 valence electrons. The van der Waals surface area contributed by atoms with Crippen LogP contribution >= 0.6 is 0 Å². The molecule has 4 heterocycles. The summed E-state index contributed by atoms with van der Waals surface area (Å²) < 4.78 is 1.92. The summed E-state index contributed by atoms with van der Waals surface area (Å²) in [5, 5.41) is 13.4. The van der Waals surface area contributed by atoms with E-state index in [1.807, 2.05) is 48.6 Å². The Bertz CT molecular complexity index is 1000. The van der Waals surface area contributed by atoms with Crippen LogP contribution in [0.2, 0.25) is 0 Å². The second kappa shape index (κ2) is 6.57. The molecule has 9 nitrogen and oxygen atoms in total. The second-order valence-corrected chi connectivity index (χ2v) is 7.83. The van der Waals surface area contributed by atoms with Crippen molar-refractivity contribution in [3.05, 3.63) is 29.7 Å². The third-order valence-electron chi connectivity index (χ3n) is 5.39. The third-order valence-corrected chi connectivity index (χ3v) is 5.39. The van der Waals surface area contributed by atoms with Gasteiger partial charge in [-0.1, -0.05) is 0 Å². The van der Waals surface area contributed by atoms with Crippen molar-refractivity contribution < 1.29 is 0 Å². The van der Waals surface area contributed by atoms with Gasteiger partial charge in [0.15, 0.2) is 11.5 Å². The van der Waals surface area contributed by atoms with E-state index in [1.54, 1.807) is 0 Å². The number of rotatable bonds is 4. The van der Waals surface area contributed by atoms with Gasteiger partial charge in [0.1, 0.15) is 11.6 Å². The largest absolute Gasteiger partial charge is 0.363 e. The maximum absolute atomic E-state index is 4.83. The van der Waals surface area contributed by atoms with Gasteiger partial charge in [0.05, 0.1) is 0 Å². The molecule has 1 aliphatic carbocycles. The van der Waals surface area contributed by atoms with Gasteiger partial charge in [-0.25, -0.2) is 4.98 Å². The van der Waals surface area contributed by atoms with Crippen molar-refractivity contribution in [3.8, 4) is 0 Å². The lowest BCUT2D eigenvalue weighted by molar-refractivity contribution is 0.627. The SMILES string of the molecule is Cc1cc(N(C)C)nc(N2CCN(c3ccc4nnc(C5CC5)n4n3)CC2)n1. The zero-order valence-corrected chi connectivity index (χ0v) is 16.6. The van der Waals surface area contributed by atoms with Gasteiger partial charge in [0.25, 0.3) is 0 Å². The van der Waals surface area contributed by atoms with E-state index in [-0.39, 0.29) is 0 Å². The molecule has 5 rings (SSSR count). The summed E-state index contributed by atoms with van der Waals surface area (Å²) in [6.45, 7) is 5.52. The quantitative estimate of drug-likeness (QED) is 0.675. The number of fused-ring (bicyclic) bond motifs is 1. The first-order valence-corrected chi connectivity index (χ1v) is 9.84. The highest BCUT2D eigenvalue weighted by molar-refractivity contribution is 5.49. The molecule has 1 saturated carbocycles. The van der Waals surface area contributed by atoms with Crippen LogP contribution in [0, 0.1) is 6.92 Å². The van der Waals surface area contributed by atoms with E-state index in [1.165, 1.54) is 12.8 Å². The summed E-state index contributed by atoms with van der Waals surface area (Å²) in [6.07, 6.45) is 2.38. The van der Waals surface area contributed by atoms with Crippen LogP contribution in [0.1, 0.15) is 30.3 Å². The minimum Gasteiger partial charge on any atom is -0.363 e. The van der Waals surface area contributed by atoms with Crippen LogP contribution in [0.5, 0.6) is 0 Å². The van der Waals surface area contributed by atoms with Crippen LogP contribution in [0.4, 0.5) is 17.6 Å². The minimum atomic E-state index is 0.527. The van der Waals surface area contributed by atoms with Crippen molar-refractivity contribution in [2.24, 2.45) is 0 Å². The maximum Gasteiger partial charge on any atom is 0.227 e. The summed E-state index contributed by atoms with van der Waals surface area (Å²) in [5.74, 6) is 4.26. The lowest BCUT2D eigenvalue weighted by Gasteiger charge is -2.35. The van der Waals surface area contributed by atoms with E-state index in [0.29, 0.717) is 5.92 Å². The van der Waals surface area contributed by atoms with Gasteiger partial charge < -0.3 is 14.7 Å². The summed E-state index contributed by atoms with van der Waals surface area (Å²) in [5.41, 5.74) is 1.82. The molecule has 2 aliphatic rings. The van der Waals surface area contributed by atoms with Gasteiger partial charge in [-0.2, -0.15) is 9.50 Å². The highest BCUT2D eigenvalue weighted by atomic mass is 15.4. The zero-order valence-electron chi connectivity index (χ0n) is 16.6. The molecule has 3 aromatic heterocycles. The summed E-state index contributed by atoms with van der Waals surface area (Å²) in [7, 11) is 4.01. The Labute approximate surface area is 164 Å². The fraction of sp³-hybridized carbons (Fsp3) is 0.526. The molecule has 0 amide bonds. The first-order valence-electron chi connectivity index (χ1n) is 9.84. The van der Waals surface area contributed by atoms with E-state index < -0.39 is 0 Å². The maximum atomic E-state index is 4.83. The molecule has 0 atom stereocenters. The Balaban J connectivity index is 1.33. The van der Waals surface area contributed by atoms with Crippen molar-refractivity contribution in [1.29, 1.82) is 0 Å². The van der Waals surface area contributed by atoms with Crippen LogP contribution < -0.4 is 14.7 Å². The number of hydrogen-bond acceptors (Lipinski definition) is 8. The number of nitrogens with zero attached hydrogens (tertiary/aromatic N) is 9. The molecule has 0 radical (unpaired) electrons. The predicted molar refractivity (Wildman–Crippen MR) is 108 cm³/mol. The fourth-order valence-electron chi connectivity index (χ4n) is 3.60. The fourth-order valence-corrected chi connectivity index (χ4v) is 3.60. The minimum absolute atomic E-state index is 0.527. The molecule has 0 N–H and O–H groups in total. The van der Waals surface area contributed by atoms with Crippen molar-refractivity contribution in [2.45, 2.75) is 25.7 Å². The van der Waals surface area contributed by atoms with Crippen LogP contribution in [-0.4, -0.2) is 70.1 Å². The smallest absolute Gasteiger partial charge is 0.227 e. The Hall–Kier alpha value is -2.97. The van der Waals surface area contributed by atoms with E-state index in [2.05, 4.69) is 25.0 Å². The van der Waals surface area contributed by atoms with Crippen molar-refractivity contribution >= 4 is 23.2 Å². The van der Waals surface area contributed by atoms with Gasteiger partial charge in [0.2, 0.25) is 5.95 Å². The Morgan fingerprint density at radius 1 is 0.964 bits per heavy atom. The van der Waals surface area contributed by atoms with Crippen molar-refractivity contribution in [2.75, 3.05) is 55.0 Å². The van der Waals surface area contributed by atoms with Gasteiger partial charge in [-0.05, 0) is 31.9 Å². The van der Waals surface area contributed by atoms with Gasteiger partial charge in [0, 0.05) is 58.0 Å². The molecular weight excluding hydrogens is 354 g/mol. The Morgan fingerprint density at radius 3 is 2.43 bits per heavy atom. The van der Waals surface area contributed by atoms with Crippen LogP contribution in [0.25, 0.3) is 5.65 Å². The Morgan fingerprint density at radius 2 is 1.71 bits per heavy atom. The monoisotopic (exact) mass is 379 g/mol. The average molecular weight is 379 g/mol. The molecule has 1 saturated heterocycles. The standard InChI is InChI=1S/C19H25N9/c1-13-12-17(25(2)3)21-19(20-13)27-10-8-26(9-11-27)16-7-6-15-22-23-18(14-4-5-14)28(15)24-16/h6-7,12,14H,4-5,8-11H2,1-3H3. The van der Waals surface area contributed by atoms with Crippen LogP contribution in [0.3, 0.4) is 0 Å². The predicted octanol–water partition coefficient (Wildman–Crippen LogP) is 1.49. The number of hydrogen-bond donors (Lipinski definition) is 0. The first-order chi connectivity index (χ1) is 13.6. The first kappa shape index (κ1) is 17.2. The zero-order chi connectivity index (χ0) is 19.3. The normalized spacial score (nSPS) is 17.4. The second-order valence-electron chi connectivity index (χ2n) is 7.83. The molecule has 0 bridgehead atoms. The van der Waals surface area contributed by atoms with Crippen molar-refractivity contribution in [1.82, 2.24) is 29.8 Å². The van der Waals surface area contributed by atoms with Gasteiger partial charge in [-0.15, -0.1) is 15.3 Å². The molecule has 0 spiro atoms. The molecule has 2 fully saturated rings. The van der Waals surface area contributed by atoms with Gasteiger partial charge in [-0.3, -0.25) is 0 Å². The molecule has 1 aliphatic heterocycles. The number of aryl methyl sites for hydroxylation is 1. The molecular formula is C19H25N9. The lowest BCUT2D eigenvalue weighted by atomic mass is 10.3. The lowest BCUT2D eigenvalue weighted by Crippen LogP contribution is -2.47. The summed E-state index contributed by atoms with van der Waals surface area (Å²) >= 11 is 0. The average Bonchev–Trinajstić information content (AvgIpc) is 3.46. The van der Waals surface area contributed by atoms with E-state index in [4.69, 9.17) is 10.1 Å². The topological polar surface area (TPSA) is 78.6 Å². The molecule has 3 aromatic rings. The number of aromatic nitrogens is 6. The van der Waals surface area contributed by atoms with Crippen molar-refractivity contribution in [3.63, 3.8) is 0 Å². The number of piperazine rings is 1. The number of anilines is 3. The highest BCUT2D eigenvalue weighted by Gasteiger charge is 2.29. The molecule has 0 aromatic carbocycles. The Kier molecular flexibility index (Phi) is 4.03. The van der Waals surface area contributed by atoms with E-state index in [9.17, 15) is 0 Å². The molecule has 0 unspecified atom stereocenters. The summed E-state index contributed by atoms with van der Waals surface area (Å²) in [6, 6.07) is 6.07. The molecule has 9 heteroatoms. The van der Waals surface area contributed by atoms with E-state index in [0.717, 1.165) is 60.9 Å². The highest BCUT2D eigenvalue weighted by Crippen LogP contribution is 2.38. The van der Waals surface area contributed by atoms with E-state index >= 15 is 0 Å². The summed E-state index contributed by atoms with van der Waals surface area (Å²) in [4.78, 5) is 15.9. The third kappa shape index (κ3) is 3.10. The molecule has 28 heavy (non-hydrogen) atoms. The van der Waals surface area contributed by atoms with Crippen LogP contribution in [0.15, 0.2) is 18.2 Å². The van der Waals surface area contributed by atoms with Gasteiger partial charge >= 0.3 is 0 Å². The van der Waals surface area contributed by atoms with Crippen LogP contribution in [-0.2, 0) is 0 Å².